The third-order valence-corrected chi connectivity index (χ3v) is 3.95. The molecule has 0 heterocycles. The first-order valence-electron chi connectivity index (χ1n) is 6.58. The van der Waals surface area contributed by atoms with Crippen LogP contribution in [0.5, 0.6) is 5.75 Å². The smallest absolute Gasteiger partial charge is 0.122 e. The van der Waals surface area contributed by atoms with Gasteiger partial charge < -0.3 is 10.1 Å². The largest absolute Gasteiger partial charge is 0.496 e. The fourth-order valence-electron chi connectivity index (χ4n) is 2.75. The SMILES string of the molecule is CCNCC1(c2cc(C)ccc2OC)CCC1. The molecule has 17 heavy (non-hydrogen) atoms. The minimum Gasteiger partial charge on any atom is -0.496 e. The van der Waals surface area contributed by atoms with Gasteiger partial charge in [-0.2, -0.15) is 0 Å². The van der Waals surface area contributed by atoms with Gasteiger partial charge in [0.2, 0.25) is 0 Å². The van der Waals surface area contributed by atoms with Crippen molar-refractivity contribution in [1.82, 2.24) is 5.32 Å². The Morgan fingerprint density at radius 2 is 2.12 bits per heavy atom. The molecule has 0 aliphatic heterocycles. The van der Waals surface area contributed by atoms with Gasteiger partial charge in [-0.3, -0.25) is 0 Å². The van der Waals surface area contributed by atoms with E-state index in [9.17, 15) is 0 Å². The number of ether oxygens (including phenoxy) is 1. The molecule has 0 saturated heterocycles. The fourth-order valence-corrected chi connectivity index (χ4v) is 2.75. The van der Waals surface area contributed by atoms with E-state index in [0.717, 1.165) is 18.8 Å². The highest BCUT2D eigenvalue weighted by Gasteiger charge is 2.40. The average Bonchev–Trinajstić information content (AvgIpc) is 2.28. The van der Waals surface area contributed by atoms with Crippen LogP contribution in [0.2, 0.25) is 0 Å². The lowest BCUT2D eigenvalue weighted by molar-refractivity contribution is 0.227. The van der Waals surface area contributed by atoms with E-state index in [0.29, 0.717) is 5.41 Å². The van der Waals surface area contributed by atoms with Crippen molar-refractivity contribution in [2.45, 2.75) is 38.5 Å². The Labute approximate surface area is 104 Å². The van der Waals surface area contributed by atoms with Crippen molar-refractivity contribution in [3.63, 3.8) is 0 Å². The van der Waals surface area contributed by atoms with Crippen LogP contribution >= 0.6 is 0 Å². The van der Waals surface area contributed by atoms with E-state index in [2.05, 4.69) is 37.4 Å². The Morgan fingerprint density at radius 1 is 1.35 bits per heavy atom. The first-order chi connectivity index (χ1) is 8.22. The molecule has 0 unspecified atom stereocenters. The van der Waals surface area contributed by atoms with Gasteiger partial charge >= 0.3 is 0 Å². The van der Waals surface area contributed by atoms with E-state index in [1.807, 2.05) is 0 Å². The van der Waals surface area contributed by atoms with Crippen molar-refractivity contribution in [1.29, 1.82) is 0 Å². The zero-order chi connectivity index (χ0) is 12.3. The van der Waals surface area contributed by atoms with E-state index in [1.165, 1.54) is 30.4 Å². The predicted octanol–water partition coefficient (Wildman–Crippen LogP) is 3.03. The minimum absolute atomic E-state index is 0.313. The van der Waals surface area contributed by atoms with Crippen molar-refractivity contribution < 1.29 is 4.74 Å². The summed E-state index contributed by atoms with van der Waals surface area (Å²) in [5.74, 6) is 1.05. The van der Waals surface area contributed by atoms with Gasteiger partial charge in [0, 0.05) is 17.5 Å². The van der Waals surface area contributed by atoms with Crippen LogP contribution in [0.25, 0.3) is 0 Å². The van der Waals surface area contributed by atoms with Crippen molar-refractivity contribution >= 4 is 0 Å². The molecular formula is C15H23NO. The maximum absolute atomic E-state index is 5.53. The monoisotopic (exact) mass is 233 g/mol. The highest BCUT2D eigenvalue weighted by Crippen LogP contribution is 2.46. The van der Waals surface area contributed by atoms with Crippen molar-refractivity contribution in [2.24, 2.45) is 0 Å². The Hall–Kier alpha value is -1.02. The minimum atomic E-state index is 0.313. The van der Waals surface area contributed by atoms with Crippen LogP contribution in [0.3, 0.4) is 0 Å². The van der Waals surface area contributed by atoms with E-state index in [-0.39, 0.29) is 0 Å². The Kier molecular flexibility index (Phi) is 3.72. The van der Waals surface area contributed by atoms with Gasteiger partial charge in [-0.1, -0.05) is 31.0 Å². The molecule has 2 nitrogen and oxygen atoms in total. The van der Waals surface area contributed by atoms with Crippen LogP contribution in [0.1, 0.15) is 37.3 Å². The number of nitrogens with one attached hydrogen (secondary N) is 1. The summed E-state index contributed by atoms with van der Waals surface area (Å²) in [6, 6.07) is 6.54. The Morgan fingerprint density at radius 3 is 2.65 bits per heavy atom. The quantitative estimate of drug-likeness (QED) is 0.844. The first-order valence-corrected chi connectivity index (χ1v) is 6.58. The second kappa shape index (κ2) is 5.09. The molecule has 1 aliphatic carbocycles. The summed E-state index contributed by atoms with van der Waals surface area (Å²) in [4.78, 5) is 0. The highest BCUT2D eigenvalue weighted by atomic mass is 16.5. The molecule has 0 bridgehead atoms. The summed E-state index contributed by atoms with van der Waals surface area (Å²) >= 11 is 0. The van der Waals surface area contributed by atoms with Gasteiger partial charge in [-0.25, -0.2) is 0 Å². The van der Waals surface area contributed by atoms with E-state index in [4.69, 9.17) is 4.74 Å². The zero-order valence-corrected chi connectivity index (χ0v) is 11.2. The highest BCUT2D eigenvalue weighted by molar-refractivity contribution is 5.44. The molecule has 1 aromatic rings. The molecule has 94 valence electrons. The molecule has 1 N–H and O–H groups in total. The lowest BCUT2D eigenvalue weighted by Gasteiger charge is -2.43. The third kappa shape index (κ3) is 2.32. The predicted molar refractivity (Wildman–Crippen MR) is 71.8 cm³/mol. The van der Waals surface area contributed by atoms with Gasteiger partial charge in [0.1, 0.15) is 5.75 Å². The number of aryl methyl sites for hydroxylation is 1. The second-order valence-corrected chi connectivity index (χ2v) is 5.12. The average molecular weight is 233 g/mol. The molecule has 0 atom stereocenters. The van der Waals surface area contributed by atoms with Gasteiger partial charge in [0.25, 0.3) is 0 Å². The number of rotatable bonds is 5. The summed E-state index contributed by atoms with van der Waals surface area (Å²) in [7, 11) is 1.77. The third-order valence-electron chi connectivity index (χ3n) is 3.95. The number of methoxy groups -OCH3 is 1. The maximum atomic E-state index is 5.53. The molecule has 1 fully saturated rings. The molecule has 1 saturated carbocycles. The molecule has 1 aliphatic rings. The lowest BCUT2D eigenvalue weighted by atomic mass is 9.64. The second-order valence-electron chi connectivity index (χ2n) is 5.12. The van der Waals surface area contributed by atoms with Crippen molar-refractivity contribution in [3.8, 4) is 5.75 Å². The molecular weight excluding hydrogens is 210 g/mol. The number of hydrogen-bond acceptors (Lipinski definition) is 2. The molecule has 0 spiro atoms. The lowest BCUT2D eigenvalue weighted by Crippen LogP contribution is -2.44. The molecule has 0 amide bonds. The number of hydrogen-bond donors (Lipinski definition) is 1. The van der Waals surface area contributed by atoms with Crippen LogP contribution < -0.4 is 10.1 Å². The van der Waals surface area contributed by atoms with Gasteiger partial charge in [-0.15, -0.1) is 0 Å². The van der Waals surface area contributed by atoms with Gasteiger partial charge in [0.15, 0.2) is 0 Å². The Bertz CT molecular complexity index is 383. The summed E-state index contributed by atoms with van der Waals surface area (Å²) < 4.78 is 5.53. The van der Waals surface area contributed by atoms with Crippen LogP contribution in [0.4, 0.5) is 0 Å². The van der Waals surface area contributed by atoms with Gasteiger partial charge in [0.05, 0.1) is 7.11 Å². The summed E-state index contributed by atoms with van der Waals surface area (Å²) in [6.07, 6.45) is 3.89. The van der Waals surface area contributed by atoms with E-state index < -0.39 is 0 Å². The Balaban J connectivity index is 2.32. The zero-order valence-electron chi connectivity index (χ0n) is 11.2. The summed E-state index contributed by atoms with van der Waals surface area (Å²) in [5, 5.41) is 3.50. The topological polar surface area (TPSA) is 21.3 Å². The molecule has 2 rings (SSSR count). The maximum Gasteiger partial charge on any atom is 0.122 e. The van der Waals surface area contributed by atoms with E-state index >= 15 is 0 Å². The normalized spacial score (nSPS) is 17.6. The van der Waals surface area contributed by atoms with Crippen LogP contribution in [0, 0.1) is 6.92 Å². The molecule has 0 radical (unpaired) electrons. The first kappa shape index (κ1) is 12.4. The number of benzene rings is 1. The number of likely N-dealkylation sites (N-methyl/N-ethyl adjacent to an activating group) is 1. The van der Waals surface area contributed by atoms with Crippen LogP contribution in [-0.4, -0.2) is 20.2 Å². The van der Waals surface area contributed by atoms with Crippen LogP contribution in [-0.2, 0) is 5.41 Å². The van der Waals surface area contributed by atoms with Crippen LogP contribution in [0.15, 0.2) is 18.2 Å². The summed E-state index contributed by atoms with van der Waals surface area (Å²) in [5.41, 5.74) is 3.03. The molecule has 0 aromatic heterocycles. The van der Waals surface area contributed by atoms with E-state index in [1.54, 1.807) is 7.11 Å². The molecule has 2 heteroatoms. The van der Waals surface area contributed by atoms with Gasteiger partial charge in [-0.05, 0) is 32.4 Å². The standard InChI is InChI=1S/C15H23NO/c1-4-16-11-15(8-5-9-15)13-10-12(2)6-7-14(13)17-3/h6-7,10,16H,4-5,8-9,11H2,1-3H3. The fraction of sp³-hybridized carbons (Fsp3) is 0.600. The van der Waals surface area contributed by atoms with Crippen molar-refractivity contribution in [2.75, 3.05) is 20.2 Å². The van der Waals surface area contributed by atoms with Crippen molar-refractivity contribution in [3.05, 3.63) is 29.3 Å². The summed E-state index contributed by atoms with van der Waals surface area (Å²) in [6.45, 7) is 6.43. The molecule has 1 aromatic carbocycles.